The lowest BCUT2D eigenvalue weighted by atomic mass is 9.98. The van der Waals surface area contributed by atoms with E-state index in [4.69, 9.17) is 0 Å². The molecule has 2 atom stereocenters. The molecule has 0 aromatic heterocycles. The molecule has 0 aliphatic carbocycles. The highest BCUT2D eigenvalue weighted by molar-refractivity contribution is 5.96. The van der Waals surface area contributed by atoms with Crippen molar-refractivity contribution in [1.82, 2.24) is 10.6 Å². The summed E-state index contributed by atoms with van der Waals surface area (Å²) < 4.78 is 9.21. The predicted octanol–water partition coefficient (Wildman–Crippen LogP) is 0.273. The fourth-order valence-corrected chi connectivity index (χ4v) is 2.10. The largest absolute Gasteiger partial charge is 0.469 e. The highest BCUT2D eigenvalue weighted by atomic mass is 16.5. The number of nitrogens with one attached hydrogen (secondary N) is 2. The topological polar surface area (TPSA) is 111 Å². The second-order valence-corrected chi connectivity index (χ2v) is 5.37. The number of hydrogen-bond acceptors (Lipinski definition) is 6. The standard InChI is InChI=1S/C17H22N2O6/c1-11(9-14(21)24-2)15(17(23)25-3)19-13(20)10-18-16(22)12-7-5-4-6-8-12/h4-8,11,15H,9-10H2,1-3H3,(H,18,22)(H,19,20)/t11-,15-/m1/s1. The van der Waals surface area contributed by atoms with Crippen molar-refractivity contribution in [2.75, 3.05) is 20.8 Å². The number of carbonyl (C=O) groups excluding carboxylic acids is 4. The first-order valence-electron chi connectivity index (χ1n) is 7.66. The summed E-state index contributed by atoms with van der Waals surface area (Å²) in [7, 11) is 2.42. The number of benzene rings is 1. The Balaban J connectivity index is 2.61. The van der Waals surface area contributed by atoms with Gasteiger partial charge in [-0.15, -0.1) is 0 Å². The van der Waals surface area contributed by atoms with E-state index in [0.717, 1.165) is 0 Å². The van der Waals surface area contributed by atoms with Crippen LogP contribution in [-0.2, 0) is 23.9 Å². The van der Waals surface area contributed by atoms with E-state index in [1.807, 2.05) is 0 Å². The average Bonchev–Trinajstić information content (AvgIpc) is 2.63. The van der Waals surface area contributed by atoms with Gasteiger partial charge < -0.3 is 20.1 Å². The Kier molecular flexibility index (Phi) is 8.11. The maximum Gasteiger partial charge on any atom is 0.328 e. The molecule has 0 saturated heterocycles. The van der Waals surface area contributed by atoms with Crippen LogP contribution in [0.2, 0.25) is 0 Å². The lowest BCUT2D eigenvalue weighted by Crippen LogP contribution is -2.49. The van der Waals surface area contributed by atoms with Crippen molar-refractivity contribution in [2.24, 2.45) is 5.92 Å². The second kappa shape index (κ2) is 10.1. The van der Waals surface area contributed by atoms with E-state index in [1.165, 1.54) is 14.2 Å². The Hall–Kier alpha value is -2.90. The summed E-state index contributed by atoms with van der Waals surface area (Å²) in [4.78, 5) is 47.1. The van der Waals surface area contributed by atoms with Crippen molar-refractivity contribution in [1.29, 1.82) is 0 Å². The predicted molar refractivity (Wildman–Crippen MR) is 88.5 cm³/mol. The zero-order valence-corrected chi connectivity index (χ0v) is 14.4. The van der Waals surface area contributed by atoms with Crippen molar-refractivity contribution in [3.8, 4) is 0 Å². The smallest absolute Gasteiger partial charge is 0.328 e. The van der Waals surface area contributed by atoms with Crippen LogP contribution in [0.4, 0.5) is 0 Å². The molecule has 0 radical (unpaired) electrons. The molecule has 2 N–H and O–H groups in total. The van der Waals surface area contributed by atoms with Gasteiger partial charge in [0.15, 0.2) is 0 Å². The van der Waals surface area contributed by atoms with Gasteiger partial charge in [0.25, 0.3) is 5.91 Å². The number of hydrogen-bond donors (Lipinski definition) is 2. The summed E-state index contributed by atoms with van der Waals surface area (Å²) >= 11 is 0. The maximum atomic E-state index is 12.0. The molecule has 0 bridgehead atoms. The van der Waals surface area contributed by atoms with Crippen molar-refractivity contribution in [3.63, 3.8) is 0 Å². The number of rotatable bonds is 8. The first-order chi connectivity index (χ1) is 11.9. The molecule has 0 aliphatic heterocycles. The molecular weight excluding hydrogens is 328 g/mol. The fraction of sp³-hybridized carbons (Fsp3) is 0.412. The van der Waals surface area contributed by atoms with Crippen molar-refractivity contribution >= 4 is 23.8 Å². The number of carbonyl (C=O) groups is 4. The minimum atomic E-state index is -1.02. The number of methoxy groups -OCH3 is 2. The molecule has 25 heavy (non-hydrogen) atoms. The van der Waals surface area contributed by atoms with Crippen LogP contribution in [0.1, 0.15) is 23.7 Å². The lowest BCUT2D eigenvalue weighted by molar-refractivity contribution is -0.148. The van der Waals surface area contributed by atoms with Crippen LogP contribution < -0.4 is 10.6 Å². The summed E-state index contributed by atoms with van der Waals surface area (Å²) in [5.41, 5.74) is 0.416. The van der Waals surface area contributed by atoms with Gasteiger partial charge in [-0.25, -0.2) is 4.79 Å². The van der Waals surface area contributed by atoms with Crippen LogP contribution in [-0.4, -0.2) is 50.6 Å². The zero-order valence-electron chi connectivity index (χ0n) is 14.4. The van der Waals surface area contributed by atoms with Crippen molar-refractivity contribution in [3.05, 3.63) is 35.9 Å². The quantitative estimate of drug-likeness (QED) is 0.651. The molecule has 1 rings (SSSR count). The summed E-state index contributed by atoms with van der Waals surface area (Å²) in [6, 6.07) is 7.39. The van der Waals surface area contributed by atoms with Gasteiger partial charge >= 0.3 is 11.9 Å². The van der Waals surface area contributed by atoms with E-state index >= 15 is 0 Å². The third-order valence-electron chi connectivity index (χ3n) is 3.50. The molecule has 1 aromatic carbocycles. The Bertz CT molecular complexity index is 617. The normalized spacial score (nSPS) is 12.4. The summed E-state index contributed by atoms with van der Waals surface area (Å²) in [5.74, 6) is -2.70. The van der Waals surface area contributed by atoms with Gasteiger partial charge in [-0.2, -0.15) is 0 Å². The third kappa shape index (κ3) is 6.62. The number of esters is 2. The van der Waals surface area contributed by atoms with Gasteiger partial charge in [0.2, 0.25) is 5.91 Å². The third-order valence-corrected chi connectivity index (χ3v) is 3.50. The molecule has 8 nitrogen and oxygen atoms in total. The van der Waals surface area contributed by atoms with Gasteiger partial charge in [0.1, 0.15) is 6.04 Å². The molecule has 0 saturated carbocycles. The van der Waals surface area contributed by atoms with Crippen LogP contribution >= 0.6 is 0 Å². The van der Waals surface area contributed by atoms with Crippen LogP contribution in [0.5, 0.6) is 0 Å². The molecule has 8 heteroatoms. The summed E-state index contributed by atoms with van der Waals surface area (Å²) in [6.45, 7) is 1.30. The summed E-state index contributed by atoms with van der Waals surface area (Å²) in [5, 5.41) is 4.92. The molecule has 0 aliphatic rings. The molecule has 0 spiro atoms. The van der Waals surface area contributed by atoms with Gasteiger partial charge in [-0.05, 0) is 18.1 Å². The number of ether oxygens (including phenoxy) is 2. The van der Waals surface area contributed by atoms with Crippen LogP contribution in [0, 0.1) is 5.92 Å². The van der Waals surface area contributed by atoms with Crippen molar-refractivity contribution in [2.45, 2.75) is 19.4 Å². The first kappa shape index (κ1) is 20.1. The molecular formula is C17H22N2O6. The highest BCUT2D eigenvalue weighted by Crippen LogP contribution is 2.11. The molecule has 2 amide bonds. The second-order valence-electron chi connectivity index (χ2n) is 5.37. The van der Waals surface area contributed by atoms with E-state index in [1.54, 1.807) is 37.3 Å². The van der Waals surface area contributed by atoms with Gasteiger partial charge in [-0.1, -0.05) is 25.1 Å². The average molecular weight is 350 g/mol. The first-order valence-corrected chi connectivity index (χ1v) is 7.66. The van der Waals surface area contributed by atoms with Gasteiger partial charge in [-0.3, -0.25) is 14.4 Å². The molecule has 1 aromatic rings. The Labute approximate surface area is 145 Å². The maximum absolute atomic E-state index is 12.0. The molecule has 0 fully saturated rings. The molecule has 136 valence electrons. The van der Waals surface area contributed by atoms with Crippen LogP contribution in [0.3, 0.4) is 0 Å². The van der Waals surface area contributed by atoms with Gasteiger partial charge in [0, 0.05) is 5.56 Å². The number of amides is 2. The SMILES string of the molecule is COC(=O)C[C@@H](C)[C@@H](NC(=O)CNC(=O)c1ccccc1)C(=O)OC. The molecule has 0 unspecified atom stereocenters. The Morgan fingerprint density at radius 3 is 2.24 bits per heavy atom. The molecule has 0 heterocycles. The fourth-order valence-electron chi connectivity index (χ4n) is 2.10. The minimum absolute atomic E-state index is 0.0626. The van der Waals surface area contributed by atoms with E-state index < -0.39 is 35.7 Å². The van der Waals surface area contributed by atoms with E-state index in [0.29, 0.717) is 5.56 Å². The van der Waals surface area contributed by atoms with E-state index in [2.05, 4.69) is 20.1 Å². The monoisotopic (exact) mass is 350 g/mol. The Morgan fingerprint density at radius 1 is 1.04 bits per heavy atom. The van der Waals surface area contributed by atoms with Gasteiger partial charge in [0.05, 0.1) is 27.2 Å². The summed E-state index contributed by atoms with van der Waals surface area (Å²) in [6.07, 6.45) is -0.0626. The van der Waals surface area contributed by atoms with Crippen LogP contribution in [0.15, 0.2) is 30.3 Å². The Morgan fingerprint density at radius 2 is 1.68 bits per heavy atom. The van der Waals surface area contributed by atoms with E-state index in [9.17, 15) is 19.2 Å². The lowest BCUT2D eigenvalue weighted by Gasteiger charge is -2.22. The highest BCUT2D eigenvalue weighted by Gasteiger charge is 2.29. The zero-order chi connectivity index (χ0) is 18.8. The van der Waals surface area contributed by atoms with Crippen molar-refractivity contribution < 1.29 is 28.7 Å². The van der Waals surface area contributed by atoms with Crippen LogP contribution in [0.25, 0.3) is 0 Å². The van der Waals surface area contributed by atoms with E-state index in [-0.39, 0.29) is 13.0 Å². The minimum Gasteiger partial charge on any atom is -0.469 e.